The minimum atomic E-state index is -0.844. The number of aliphatic hydroxyl groups is 1. The third kappa shape index (κ3) is 2.95. The molecule has 0 bridgehead atoms. The minimum Gasteiger partial charge on any atom is -0.391 e. The van der Waals surface area contributed by atoms with Crippen molar-refractivity contribution in [2.24, 2.45) is 11.7 Å². The maximum atomic E-state index is 12.9. The highest BCUT2D eigenvalue weighted by Crippen LogP contribution is 2.39. The molecule has 2 atom stereocenters. The first-order valence-corrected chi connectivity index (χ1v) is 5.38. The standard InChI is InChI=1S/C11H13FN2O3.ClH/c12-7-3-4-8(9(5-7)14(16)17)10(13)11(15)6-1-2-6;/h3-6,10-11,15H,1-2,13H2;1H/t10-,11+;/m1./s1. The second-order valence-electron chi connectivity index (χ2n) is 4.31. The van der Waals surface area contributed by atoms with E-state index in [4.69, 9.17) is 5.73 Å². The van der Waals surface area contributed by atoms with Crippen LogP contribution in [0.1, 0.15) is 24.4 Å². The minimum absolute atomic E-state index is 0. The van der Waals surface area contributed by atoms with Crippen LogP contribution in [-0.2, 0) is 0 Å². The van der Waals surface area contributed by atoms with Crippen LogP contribution in [0.5, 0.6) is 0 Å². The topological polar surface area (TPSA) is 89.4 Å². The Morgan fingerprint density at radius 2 is 2.11 bits per heavy atom. The average Bonchev–Trinajstić information content (AvgIpc) is 3.10. The van der Waals surface area contributed by atoms with Gasteiger partial charge in [-0.05, 0) is 30.9 Å². The second-order valence-corrected chi connectivity index (χ2v) is 4.31. The molecule has 0 spiro atoms. The van der Waals surface area contributed by atoms with E-state index in [1.165, 1.54) is 6.07 Å². The lowest BCUT2D eigenvalue weighted by atomic mass is 9.97. The van der Waals surface area contributed by atoms with Crippen molar-refractivity contribution in [2.75, 3.05) is 0 Å². The summed E-state index contributed by atoms with van der Waals surface area (Å²) >= 11 is 0. The molecule has 0 unspecified atom stereocenters. The van der Waals surface area contributed by atoms with Crippen LogP contribution in [0.15, 0.2) is 18.2 Å². The molecular weight excluding hydrogens is 263 g/mol. The van der Waals surface area contributed by atoms with Gasteiger partial charge in [0.15, 0.2) is 0 Å². The van der Waals surface area contributed by atoms with E-state index in [0.29, 0.717) is 0 Å². The van der Waals surface area contributed by atoms with Gasteiger partial charge in [0.25, 0.3) is 5.69 Å². The first kappa shape index (κ1) is 14.8. The maximum absolute atomic E-state index is 12.9. The van der Waals surface area contributed by atoms with Crippen molar-refractivity contribution in [2.45, 2.75) is 25.0 Å². The van der Waals surface area contributed by atoms with Gasteiger partial charge in [-0.15, -0.1) is 12.4 Å². The van der Waals surface area contributed by atoms with Crippen LogP contribution in [0.3, 0.4) is 0 Å². The molecule has 0 saturated heterocycles. The smallest absolute Gasteiger partial charge is 0.277 e. The van der Waals surface area contributed by atoms with E-state index in [0.717, 1.165) is 25.0 Å². The predicted octanol–water partition coefficient (Wildman–Crippen LogP) is 1.93. The molecular formula is C11H14ClFN2O3. The quantitative estimate of drug-likeness (QED) is 0.649. The SMILES string of the molecule is Cl.N[C@H](c1ccc(F)cc1[N+](=O)[O-])[C@@H](O)C1CC1. The normalized spacial score (nSPS) is 17.7. The molecule has 0 radical (unpaired) electrons. The molecule has 1 aromatic rings. The molecule has 5 nitrogen and oxygen atoms in total. The van der Waals surface area contributed by atoms with Crippen LogP contribution in [0.2, 0.25) is 0 Å². The predicted molar refractivity (Wildman–Crippen MR) is 66.0 cm³/mol. The summed E-state index contributed by atoms with van der Waals surface area (Å²) in [6.07, 6.45) is 0.951. The second kappa shape index (κ2) is 5.60. The summed E-state index contributed by atoms with van der Waals surface area (Å²) < 4.78 is 12.9. The summed E-state index contributed by atoms with van der Waals surface area (Å²) in [5.41, 5.74) is 5.59. The van der Waals surface area contributed by atoms with Crippen molar-refractivity contribution >= 4 is 18.1 Å². The number of hydrogen-bond donors (Lipinski definition) is 2. The number of rotatable bonds is 4. The van der Waals surface area contributed by atoms with Crippen molar-refractivity contribution in [1.82, 2.24) is 0 Å². The molecule has 18 heavy (non-hydrogen) atoms. The van der Waals surface area contributed by atoms with Gasteiger partial charge < -0.3 is 10.8 Å². The van der Waals surface area contributed by atoms with Crippen molar-refractivity contribution in [1.29, 1.82) is 0 Å². The number of hydrogen-bond acceptors (Lipinski definition) is 4. The van der Waals surface area contributed by atoms with E-state index >= 15 is 0 Å². The summed E-state index contributed by atoms with van der Waals surface area (Å²) in [5, 5.41) is 20.6. The Balaban J connectivity index is 0.00000162. The largest absolute Gasteiger partial charge is 0.391 e. The average molecular weight is 277 g/mol. The Hall–Kier alpha value is -1.24. The highest BCUT2D eigenvalue weighted by molar-refractivity contribution is 5.85. The van der Waals surface area contributed by atoms with E-state index in [1.807, 2.05) is 0 Å². The van der Waals surface area contributed by atoms with Gasteiger partial charge in [-0.25, -0.2) is 4.39 Å². The van der Waals surface area contributed by atoms with Gasteiger partial charge in [0, 0.05) is 5.56 Å². The molecule has 0 amide bonds. The number of nitrogens with two attached hydrogens (primary N) is 1. The first-order chi connectivity index (χ1) is 8.00. The molecule has 0 aromatic heterocycles. The highest BCUT2D eigenvalue weighted by atomic mass is 35.5. The molecule has 1 saturated carbocycles. The third-order valence-corrected chi connectivity index (χ3v) is 3.02. The molecule has 7 heteroatoms. The molecule has 3 N–H and O–H groups in total. The molecule has 1 aromatic carbocycles. The lowest BCUT2D eigenvalue weighted by molar-refractivity contribution is -0.386. The van der Waals surface area contributed by atoms with Gasteiger partial charge in [0.2, 0.25) is 0 Å². The fourth-order valence-electron chi connectivity index (χ4n) is 1.87. The number of nitro groups is 1. The summed E-state index contributed by atoms with van der Waals surface area (Å²) in [4.78, 5) is 10.1. The monoisotopic (exact) mass is 276 g/mol. The Kier molecular flexibility index (Phi) is 4.61. The number of benzene rings is 1. The first-order valence-electron chi connectivity index (χ1n) is 5.38. The van der Waals surface area contributed by atoms with E-state index in [2.05, 4.69) is 0 Å². The molecule has 100 valence electrons. The fourth-order valence-corrected chi connectivity index (χ4v) is 1.87. The maximum Gasteiger partial charge on any atom is 0.277 e. The molecule has 1 fully saturated rings. The fraction of sp³-hybridized carbons (Fsp3) is 0.455. The molecule has 0 heterocycles. The molecule has 0 aliphatic heterocycles. The van der Waals surface area contributed by atoms with Crippen molar-refractivity contribution in [3.63, 3.8) is 0 Å². The van der Waals surface area contributed by atoms with E-state index in [9.17, 15) is 19.6 Å². The number of nitro benzene ring substituents is 1. The van der Waals surface area contributed by atoms with E-state index in [1.54, 1.807) is 0 Å². The van der Waals surface area contributed by atoms with Crippen molar-refractivity contribution < 1.29 is 14.4 Å². The van der Waals surface area contributed by atoms with Gasteiger partial charge in [0.05, 0.1) is 23.1 Å². The zero-order chi connectivity index (χ0) is 12.6. The molecule has 2 rings (SSSR count). The van der Waals surface area contributed by atoms with E-state index < -0.39 is 22.9 Å². The van der Waals surface area contributed by atoms with Crippen molar-refractivity contribution in [3.05, 3.63) is 39.7 Å². The Morgan fingerprint density at radius 1 is 1.50 bits per heavy atom. The Morgan fingerprint density at radius 3 is 2.61 bits per heavy atom. The van der Waals surface area contributed by atoms with Crippen LogP contribution in [0, 0.1) is 21.8 Å². The van der Waals surface area contributed by atoms with Gasteiger partial charge in [-0.2, -0.15) is 0 Å². The Bertz CT molecular complexity index is 454. The highest BCUT2D eigenvalue weighted by Gasteiger charge is 2.36. The van der Waals surface area contributed by atoms with Crippen LogP contribution >= 0.6 is 12.4 Å². The van der Waals surface area contributed by atoms with Gasteiger partial charge in [-0.3, -0.25) is 10.1 Å². The lowest BCUT2D eigenvalue weighted by Crippen LogP contribution is -2.28. The molecule has 1 aliphatic rings. The number of aliphatic hydroxyl groups excluding tert-OH is 1. The van der Waals surface area contributed by atoms with Crippen LogP contribution in [-0.4, -0.2) is 16.1 Å². The lowest BCUT2D eigenvalue weighted by Gasteiger charge is -2.18. The number of nitrogens with zero attached hydrogens (tertiary/aromatic N) is 1. The number of halogens is 2. The summed E-state index contributed by atoms with van der Waals surface area (Å²) in [6.45, 7) is 0. The van der Waals surface area contributed by atoms with Crippen molar-refractivity contribution in [3.8, 4) is 0 Å². The van der Waals surface area contributed by atoms with Gasteiger partial charge in [-0.1, -0.05) is 0 Å². The molecule has 1 aliphatic carbocycles. The van der Waals surface area contributed by atoms with Gasteiger partial charge in [0.1, 0.15) is 5.82 Å². The third-order valence-electron chi connectivity index (χ3n) is 3.02. The van der Waals surface area contributed by atoms with Crippen LogP contribution in [0.25, 0.3) is 0 Å². The van der Waals surface area contributed by atoms with Crippen LogP contribution in [0.4, 0.5) is 10.1 Å². The Labute approximate surface area is 109 Å². The van der Waals surface area contributed by atoms with Crippen LogP contribution < -0.4 is 5.73 Å². The van der Waals surface area contributed by atoms with Gasteiger partial charge >= 0.3 is 0 Å². The summed E-state index contributed by atoms with van der Waals surface area (Å²) in [6, 6.07) is 2.36. The zero-order valence-electron chi connectivity index (χ0n) is 9.45. The summed E-state index contributed by atoms with van der Waals surface area (Å²) in [7, 11) is 0. The van der Waals surface area contributed by atoms with E-state index in [-0.39, 0.29) is 29.6 Å². The summed E-state index contributed by atoms with van der Waals surface area (Å²) in [5.74, 6) is -0.580. The zero-order valence-corrected chi connectivity index (χ0v) is 10.3.